The summed E-state index contributed by atoms with van der Waals surface area (Å²) in [5.74, 6) is 0. The molecule has 90 valence electrons. The second-order valence-corrected chi connectivity index (χ2v) is 4.35. The Balaban J connectivity index is 2.08. The van der Waals surface area contributed by atoms with Gasteiger partial charge in [-0.05, 0) is 18.6 Å². The lowest BCUT2D eigenvalue weighted by atomic mass is 10.2. The van der Waals surface area contributed by atoms with Crippen LogP contribution < -0.4 is 9.80 Å². The van der Waals surface area contributed by atoms with Gasteiger partial charge in [0.05, 0.1) is 11.4 Å². The first-order valence-corrected chi connectivity index (χ1v) is 6.38. The van der Waals surface area contributed by atoms with E-state index in [1.165, 1.54) is 30.6 Å². The molecule has 0 aliphatic carbocycles. The summed E-state index contributed by atoms with van der Waals surface area (Å²) in [4.78, 5) is 4.36. The molecule has 1 aromatic rings. The minimum atomic E-state index is 0.821. The summed E-state index contributed by atoms with van der Waals surface area (Å²) in [6, 6.07) is 8.47. The number of benzene rings is 1. The molecule has 0 N–H and O–H groups in total. The number of nitrogens with zero attached hydrogens (tertiary/aromatic N) is 2. The third-order valence-electron chi connectivity index (χ3n) is 3.00. The summed E-state index contributed by atoms with van der Waals surface area (Å²) < 4.78 is 0. The standard InChI is InChI=1S/C15H20N2/c1-3-5-8-12-17-13-16(11-4-2)14-9-6-7-10-15(14)17/h4,6-7,9-10H,2-3,5,8,11-12H2,1H3. The van der Waals surface area contributed by atoms with E-state index in [2.05, 4.69) is 54.2 Å². The van der Waals surface area contributed by atoms with Crippen molar-refractivity contribution in [1.29, 1.82) is 0 Å². The predicted octanol–water partition coefficient (Wildman–Crippen LogP) is 3.69. The second-order valence-electron chi connectivity index (χ2n) is 4.35. The summed E-state index contributed by atoms with van der Waals surface area (Å²) >= 11 is 0. The molecule has 1 aromatic carbocycles. The van der Waals surface area contributed by atoms with E-state index < -0.39 is 0 Å². The highest BCUT2D eigenvalue weighted by Crippen LogP contribution is 2.37. The topological polar surface area (TPSA) is 6.48 Å². The van der Waals surface area contributed by atoms with Gasteiger partial charge in [-0.15, -0.1) is 6.58 Å². The van der Waals surface area contributed by atoms with Crippen LogP contribution in [0.5, 0.6) is 0 Å². The van der Waals surface area contributed by atoms with E-state index in [0.717, 1.165) is 13.1 Å². The summed E-state index contributed by atoms with van der Waals surface area (Å²) in [6.45, 7) is 11.3. The molecule has 0 saturated carbocycles. The third-order valence-corrected chi connectivity index (χ3v) is 3.00. The van der Waals surface area contributed by atoms with Gasteiger partial charge in [0.25, 0.3) is 0 Å². The van der Waals surface area contributed by atoms with Crippen LogP contribution in [0.15, 0.2) is 36.9 Å². The fourth-order valence-electron chi connectivity index (χ4n) is 2.13. The number of para-hydroxylation sites is 2. The lowest BCUT2D eigenvalue weighted by molar-refractivity contribution is 0.704. The molecular weight excluding hydrogens is 208 g/mol. The number of anilines is 2. The summed E-state index contributed by atoms with van der Waals surface area (Å²) in [5, 5.41) is 0. The van der Waals surface area contributed by atoms with E-state index in [0.29, 0.717) is 0 Å². The number of unbranched alkanes of at least 4 members (excludes halogenated alkanes) is 2. The van der Waals surface area contributed by atoms with E-state index in [1.54, 1.807) is 0 Å². The van der Waals surface area contributed by atoms with E-state index in [4.69, 9.17) is 0 Å². The molecule has 0 aromatic heterocycles. The Hall–Kier alpha value is -1.44. The van der Waals surface area contributed by atoms with Gasteiger partial charge in [-0.3, -0.25) is 0 Å². The van der Waals surface area contributed by atoms with Crippen molar-refractivity contribution in [3.05, 3.63) is 43.6 Å². The predicted molar refractivity (Wildman–Crippen MR) is 74.1 cm³/mol. The van der Waals surface area contributed by atoms with Gasteiger partial charge >= 0.3 is 0 Å². The van der Waals surface area contributed by atoms with Crippen molar-refractivity contribution in [1.82, 2.24) is 0 Å². The van der Waals surface area contributed by atoms with E-state index in [-0.39, 0.29) is 0 Å². The van der Waals surface area contributed by atoms with Crippen molar-refractivity contribution >= 4 is 11.4 Å². The Morgan fingerprint density at radius 2 is 1.88 bits per heavy atom. The summed E-state index contributed by atoms with van der Waals surface area (Å²) in [6.07, 6.45) is 5.67. The van der Waals surface area contributed by atoms with Gasteiger partial charge in [0, 0.05) is 13.1 Å². The zero-order valence-corrected chi connectivity index (χ0v) is 10.5. The van der Waals surface area contributed by atoms with Gasteiger partial charge in [0.15, 0.2) is 0 Å². The lowest BCUT2D eigenvalue weighted by Gasteiger charge is -2.18. The molecule has 0 bridgehead atoms. The van der Waals surface area contributed by atoms with Crippen molar-refractivity contribution < 1.29 is 0 Å². The van der Waals surface area contributed by atoms with E-state index in [1.807, 2.05) is 6.08 Å². The largest absolute Gasteiger partial charge is 0.340 e. The summed E-state index contributed by atoms with van der Waals surface area (Å²) in [5.41, 5.74) is 2.51. The Labute approximate surface area is 105 Å². The fraction of sp³-hybridized carbons (Fsp3) is 0.400. The van der Waals surface area contributed by atoms with E-state index >= 15 is 0 Å². The van der Waals surface area contributed by atoms with Crippen molar-refractivity contribution in [2.24, 2.45) is 0 Å². The van der Waals surface area contributed by atoms with Gasteiger partial charge < -0.3 is 9.80 Å². The number of rotatable bonds is 6. The zero-order valence-electron chi connectivity index (χ0n) is 10.5. The zero-order chi connectivity index (χ0) is 12.1. The monoisotopic (exact) mass is 228 g/mol. The molecule has 2 radical (unpaired) electrons. The molecule has 1 aliphatic heterocycles. The van der Waals surface area contributed by atoms with Crippen LogP contribution in [0.3, 0.4) is 0 Å². The molecule has 0 atom stereocenters. The van der Waals surface area contributed by atoms with Crippen LogP contribution in [0.4, 0.5) is 11.4 Å². The van der Waals surface area contributed by atoms with Crippen molar-refractivity contribution in [2.75, 3.05) is 22.9 Å². The average Bonchev–Trinajstić information content (AvgIpc) is 2.70. The van der Waals surface area contributed by atoms with Crippen LogP contribution >= 0.6 is 0 Å². The normalized spacial score (nSPS) is 13.9. The molecule has 1 aliphatic rings. The Morgan fingerprint density at radius 3 is 2.53 bits per heavy atom. The van der Waals surface area contributed by atoms with Crippen LogP contribution in [0.25, 0.3) is 0 Å². The molecule has 0 unspecified atom stereocenters. The van der Waals surface area contributed by atoms with Crippen molar-refractivity contribution in [3.63, 3.8) is 0 Å². The summed E-state index contributed by atoms with van der Waals surface area (Å²) in [7, 11) is 0. The van der Waals surface area contributed by atoms with Crippen LogP contribution in [0.2, 0.25) is 0 Å². The molecule has 17 heavy (non-hydrogen) atoms. The first-order valence-electron chi connectivity index (χ1n) is 6.38. The Morgan fingerprint density at radius 1 is 1.18 bits per heavy atom. The quantitative estimate of drug-likeness (QED) is 0.541. The molecule has 1 heterocycles. The number of hydrogen-bond donors (Lipinski definition) is 0. The highest BCUT2D eigenvalue weighted by atomic mass is 15.4. The highest BCUT2D eigenvalue weighted by molar-refractivity contribution is 5.78. The number of fused-ring (bicyclic) bond motifs is 1. The first kappa shape index (κ1) is 12.0. The molecule has 0 spiro atoms. The van der Waals surface area contributed by atoms with Gasteiger partial charge in [-0.25, -0.2) is 0 Å². The van der Waals surface area contributed by atoms with Crippen LogP contribution in [-0.4, -0.2) is 13.1 Å². The maximum Gasteiger partial charge on any atom is 0.209 e. The molecule has 0 saturated heterocycles. The van der Waals surface area contributed by atoms with Gasteiger partial charge in [0.2, 0.25) is 6.67 Å². The van der Waals surface area contributed by atoms with Gasteiger partial charge in [-0.2, -0.15) is 0 Å². The van der Waals surface area contributed by atoms with Gasteiger partial charge in [-0.1, -0.05) is 38.0 Å². The van der Waals surface area contributed by atoms with Crippen molar-refractivity contribution in [3.8, 4) is 0 Å². The average molecular weight is 228 g/mol. The smallest absolute Gasteiger partial charge is 0.209 e. The molecule has 0 amide bonds. The molecule has 2 rings (SSSR count). The Kier molecular flexibility index (Phi) is 4.08. The van der Waals surface area contributed by atoms with Crippen LogP contribution in [0, 0.1) is 6.67 Å². The van der Waals surface area contributed by atoms with Gasteiger partial charge in [0.1, 0.15) is 0 Å². The fourth-order valence-corrected chi connectivity index (χ4v) is 2.13. The third kappa shape index (κ3) is 2.63. The van der Waals surface area contributed by atoms with Crippen LogP contribution in [-0.2, 0) is 0 Å². The maximum atomic E-state index is 3.80. The highest BCUT2D eigenvalue weighted by Gasteiger charge is 2.25. The second kappa shape index (κ2) is 5.76. The van der Waals surface area contributed by atoms with E-state index in [9.17, 15) is 0 Å². The first-order chi connectivity index (χ1) is 8.36. The van der Waals surface area contributed by atoms with Crippen molar-refractivity contribution in [2.45, 2.75) is 26.2 Å². The molecule has 2 heteroatoms. The minimum Gasteiger partial charge on any atom is -0.340 e. The molecular formula is C15H20N2. The molecule has 0 fully saturated rings. The lowest BCUT2D eigenvalue weighted by Crippen LogP contribution is -2.25. The van der Waals surface area contributed by atoms with Crippen LogP contribution in [0.1, 0.15) is 26.2 Å². The minimum absolute atomic E-state index is 0.821. The molecule has 2 nitrogen and oxygen atoms in total. The number of hydrogen-bond acceptors (Lipinski definition) is 2. The Bertz CT molecular complexity index is 373. The SMILES string of the molecule is C=CCN1[C]N(CCCCC)c2ccccc21. The maximum absolute atomic E-state index is 3.80.